The van der Waals surface area contributed by atoms with E-state index in [9.17, 15) is 18.0 Å². The minimum Gasteiger partial charge on any atom is -0.496 e. The van der Waals surface area contributed by atoms with Crippen LogP contribution in [0.3, 0.4) is 0 Å². The van der Waals surface area contributed by atoms with E-state index in [2.05, 4.69) is 21.6 Å². The molecule has 0 aliphatic heterocycles. The standard InChI is InChI=1S/C22H21ClF3N3O3S/c1-13-10-14(6-9-18(13)31-2)4-3-5-20-28-29-21(32-20)33-12-19(30)27-17-11-15(22(24,25)26)7-8-16(17)23/h6-11H,3-5,12H2,1-2H3,(H,27,30). The molecule has 0 atom stereocenters. The Morgan fingerprint density at radius 3 is 2.67 bits per heavy atom. The Labute approximate surface area is 197 Å². The van der Waals surface area contributed by atoms with Crippen molar-refractivity contribution < 1.29 is 27.1 Å². The second-order valence-electron chi connectivity index (χ2n) is 7.15. The number of nitrogens with zero attached hydrogens (tertiary/aromatic N) is 2. The van der Waals surface area contributed by atoms with Crippen LogP contribution in [0.15, 0.2) is 46.0 Å². The van der Waals surface area contributed by atoms with Crippen LogP contribution in [0.4, 0.5) is 18.9 Å². The number of carbonyl (C=O) groups excluding carboxylic acids is 1. The van der Waals surface area contributed by atoms with Gasteiger partial charge in [0.05, 0.1) is 29.1 Å². The van der Waals surface area contributed by atoms with Gasteiger partial charge < -0.3 is 14.5 Å². The Morgan fingerprint density at radius 1 is 1.18 bits per heavy atom. The van der Waals surface area contributed by atoms with Crippen molar-refractivity contribution in [2.24, 2.45) is 0 Å². The van der Waals surface area contributed by atoms with Gasteiger partial charge in [-0.05, 0) is 55.2 Å². The molecule has 0 spiro atoms. The number of benzene rings is 2. The number of hydrogen-bond acceptors (Lipinski definition) is 6. The molecule has 176 valence electrons. The van der Waals surface area contributed by atoms with E-state index in [1.165, 1.54) is 5.56 Å². The Morgan fingerprint density at radius 2 is 1.97 bits per heavy atom. The predicted octanol–water partition coefficient (Wildman–Crippen LogP) is 5.96. The van der Waals surface area contributed by atoms with Gasteiger partial charge in [-0.1, -0.05) is 35.5 Å². The molecule has 3 aromatic rings. The zero-order chi connectivity index (χ0) is 24.0. The van der Waals surface area contributed by atoms with Crippen molar-refractivity contribution in [3.8, 4) is 5.75 Å². The zero-order valence-corrected chi connectivity index (χ0v) is 19.4. The first kappa shape index (κ1) is 24.9. The topological polar surface area (TPSA) is 77.2 Å². The lowest BCUT2D eigenvalue weighted by Gasteiger charge is -2.11. The fourth-order valence-electron chi connectivity index (χ4n) is 3.05. The van der Waals surface area contributed by atoms with Gasteiger partial charge in [-0.15, -0.1) is 10.2 Å². The Balaban J connectivity index is 1.47. The van der Waals surface area contributed by atoms with E-state index in [-0.39, 0.29) is 21.7 Å². The number of anilines is 1. The average molecular weight is 500 g/mol. The maximum Gasteiger partial charge on any atom is 0.416 e. The number of amides is 1. The van der Waals surface area contributed by atoms with Crippen LogP contribution in [0.2, 0.25) is 5.02 Å². The molecule has 0 aliphatic rings. The first-order valence-corrected chi connectivity index (χ1v) is 11.3. The average Bonchev–Trinajstić information content (AvgIpc) is 3.21. The van der Waals surface area contributed by atoms with Gasteiger partial charge in [-0.3, -0.25) is 4.79 Å². The third-order valence-corrected chi connectivity index (χ3v) is 5.81. The summed E-state index contributed by atoms with van der Waals surface area (Å²) in [6.45, 7) is 1.99. The molecule has 0 aliphatic carbocycles. The summed E-state index contributed by atoms with van der Waals surface area (Å²) < 4.78 is 49.3. The molecule has 0 fully saturated rings. The van der Waals surface area contributed by atoms with Crippen LogP contribution in [-0.2, 0) is 23.8 Å². The minimum atomic E-state index is -4.54. The summed E-state index contributed by atoms with van der Waals surface area (Å²) in [5.41, 5.74) is 1.22. The van der Waals surface area contributed by atoms with Gasteiger partial charge in [0.25, 0.3) is 5.22 Å². The molecule has 2 aromatic carbocycles. The molecule has 6 nitrogen and oxygen atoms in total. The maximum atomic E-state index is 12.8. The van der Waals surface area contributed by atoms with Crippen molar-refractivity contribution >= 4 is 35.0 Å². The summed E-state index contributed by atoms with van der Waals surface area (Å²) in [4.78, 5) is 12.1. The quantitative estimate of drug-likeness (QED) is 0.366. The Bertz CT molecular complexity index is 1120. The number of hydrogen-bond donors (Lipinski definition) is 1. The lowest BCUT2D eigenvalue weighted by Crippen LogP contribution is -2.15. The molecule has 0 saturated heterocycles. The first-order valence-electron chi connectivity index (χ1n) is 9.91. The highest BCUT2D eigenvalue weighted by Gasteiger charge is 2.31. The van der Waals surface area contributed by atoms with Crippen LogP contribution in [0.1, 0.15) is 29.0 Å². The molecular formula is C22H21ClF3N3O3S. The highest BCUT2D eigenvalue weighted by Crippen LogP contribution is 2.34. The van der Waals surface area contributed by atoms with Crippen LogP contribution in [0, 0.1) is 6.92 Å². The normalized spacial score (nSPS) is 11.5. The number of alkyl halides is 3. The van der Waals surface area contributed by atoms with Gasteiger partial charge >= 0.3 is 6.18 Å². The molecule has 3 rings (SSSR count). The lowest BCUT2D eigenvalue weighted by atomic mass is 10.1. The van der Waals surface area contributed by atoms with Crippen molar-refractivity contribution in [3.05, 3.63) is 64.0 Å². The first-order chi connectivity index (χ1) is 15.7. The summed E-state index contributed by atoms with van der Waals surface area (Å²) in [5.74, 6) is 0.621. The number of rotatable bonds is 9. The fourth-order valence-corrected chi connectivity index (χ4v) is 3.79. The van der Waals surface area contributed by atoms with Crippen LogP contribution in [0.25, 0.3) is 0 Å². The van der Waals surface area contributed by atoms with Crippen molar-refractivity contribution in [1.82, 2.24) is 10.2 Å². The summed E-state index contributed by atoms with van der Waals surface area (Å²) >= 11 is 6.88. The Kier molecular flexibility index (Phi) is 8.25. The van der Waals surface area contributed by atoms with Crippen molar-refractivity contribution in [2.45, 2.75) is 37.6 Å². The van der Waals surface area contributed by atoms with E-state index < -0.39 is 17.6 Å². The smallest absolute Gasteiger partial charge is 0.416 e. The van der Waals surface area contributed by atoms with Crippen LogP contribution in [0.5, 0.6) is 5.75 Å². The lowest BCUT2D eigenvalue weighted by molar-refractivity contribution is -0.137. The summed E-state index contributed by atoms with van der Waals surface area (Å²) in [7, 11) is 1.64. The predicted molar refractivity (Wildman–Crippen MR) is 120 cm³/mol. The van der Waals surface area contributed by atoms with Crippen molar-refractivity contribution in [1.29, 1.82) is 0 Å². The number of methoxy groups -OCH3 is 1. The number of ether oxygens (including phenoxy) is 1. The molecule has 1 N–H and O–H groups in total. The second kappa shape index (κ2) is 10.9. The molecule has 0 bridgehead atoms. The maximum absolute atomic E-state index is 12.8. The molecule has 0 saturated carbocycles. The summed E-state index contributed by atoms with van der Waals surface area (Å²) in [5, 5.41) is 10.5. The van der Waals surface area contributed by atoms with Crippen LogP contribution >= 0.6 is 23.4 Å². The number of carbonyl (C=O) groups is 1. The molecule has 11 heteroatoms. The van der Waals surface area contributed by atoms with Gasteiger partial charge in [-0.25, -0.2) is 0 Å². The summed E-state index contributed by atoms with van der Waals surface area (Å²) in [6, 6.07) is 8.75. The molecule has 0 unspecified atom stereocenters. The fraction of sp³-hybridized carbons (Fsp3) is 0.318. The molecule has 1 heterocycles. The number of thioether (sulfide) groups is 1. The Hall–Kier alpha value is -2.72. The van der Waals surface area contributed by atoms with E-state index in [0.717, 1.165) is 54.1 Å². The van der Waals surface area contributed by atoms with E-state index in [4.69, 9.17) is 20.8 Å². The summed E-state index contributed by atoms with van der Waals surface area (Å²) in [6.07, 6.45) is -2.34. The van der Waals surface area contributed by atoms with Gasteiger partial charge in [0.1, 0.15) is 5.75 Å². The van der Waals surface area contributed by atoms with Crippen molar-refractivity contribution in [3.63, 3.8) is 0 Å². The third kappa shape index (κ3) is 7.13. The highest BCUT2D eigenvalue weighted by atomic mass is 35.5. The zero-order valence-electron chi connectivity index (χ0n) is 17.8. The SMILES string of the molecule is COc1ccc(CCCc2nnc(SCC(=O)Nc3cc(C(F)(F)F)ccc3Cl)o2)cc1C. The monoisotopic (exact) mass is 499 g/mol. The van der Waals surface area contributed by atoms with Gasteiger partial charge in [0.2, 0.25) is 11.8 Å². The minimum absolute atomic E-state index is 0.00785. The molecule has 1 aromatic heterocycles. The molecular weight excluding hydrogens is 479 g/mol. The molecule has 33 heavy (non-hydrogen) atoms. The largest absolute Gasteiger partial charge is 0.496 e. The van der Waals surface area contributed by atoms with E-state index in [0.29, 0.717) is 12.3 Å². The third-order valence-electron chi connectivity index (χ3n) is 4.66. The number of aryl methyl sites for hydroxylation is 3. The number of halogens is 4. The highest BCUT2D eigenvalue weighted by molar-refractivity contribution is 7.99. The van der Waals surface area contributed by atoms with E-state index in [1.54, 1.807) is 7.11 Å². The number of aromatic nitrogens is 2. The second-order valence-corrected chi connectivity index (χ2v) is 8.48. The molecule has 0 radical (unpaired) electrons. The van der Waals surface area contributed by atoms with Crippen molar-refractivity contribution in [2.75, 3.05) is 18.2 Å². The van der Waals surface area contributed by atoms with E-state index >= 15 is 0 Å². The number of nitrogens with one attached hydrogen (secondary N) is 1. The van der Waals surface area contributed by atoms with Crippen LogP contribution < -0.4 is 10.1 Å². The van der Waals surface area contributed by atoms with Gasteiger partial charge in [0, 0.05) is 6.42 Å². The van der Waals surface area contributed by atoms with Gasteiger partial charge in [-0.2, -0.15) is 13.2 Å². The van der Waals surface area contributed by atoms with Gasteiger partial charge in [0.15, 0.2) is 0 Å². The van der Waals surface area contributed by atoms with Crippen LogP contribution in [-0.4, -0.2) is 29.0 Å². The molecule has 1 amide bonds. The van der Waals surface area contributed by atoms with E-state index in [1.807, 2.05) is 19.1 Å².